The maximum Gasteiger partial charge on any atom is 0.310 e. The van der Waals surface area contributed by atoms with Gasteiger partial charge in [-0.1, -0.05) is 30.3 Å². The van der Waals surface area contributed by atoms with Crippen LogP contribution in [0, 0.1) is 5.92 Å². The summed E-state index contributed by atoms with van der Waals surface area (Å²) < 4.78 is 5.56. The largest absolute Gasteiger partial charge is 0.460 e. The molecule has 1 aromatic carbocycles. The van der Waals surface area contributed by atoms with Gasteiger partial charge in [0.1, 0.15) is 5.60 Å². The second-order valence-electron chi connectivity index (χ2n) is 6.15. The molecule has 1 aliphatic rings. The van der Waals surface area contributed by atoms with Gasteiger partial charge in [-0.25, -0.2) is 0 Å². The van der Waals surface area contributed by atoms with Crippen LogP contribution >= 0.6 is 0 Å². The van der Waals surface area contributed by atoms with Gasteiger partial charge in [0.05, 0.1) is 5.92 Å². The first-order chi connectivity index (χ1) is 8.97. The van der Waals surface area contributed by atoms with Crippen molar-refractivity contribution in [3.05, 3.63) is 35.9 Å². The predicted octanol–water partition coefficient (Wildman–Crippen LogP) is 2.72. The summed E-state index contributed by atoms with van der Waals surface area (Å²) in [7, 11) is 0. The molecule has 1 aromatic rings. The lowest BCUT2D eigenvalue weighted by Crippen LogP contribution is -2.41. The third kappa shape index (κ3) is 3.80. The lowest BCUT2D eigenvalue weighted by atomic mass is 9.81. The summed E-state index contributed by atoms with van der Waals surface area (Å²) >= 11 is 0. The Labute approximate surface area is 115 Å². The highest BCUT2D eigenvalue weighted by atomic mass is 16.6. The van der Waals surface area contributed by atoms with Gasteiger partial charge in [0.15, 0.2) is 0 Å². The number of carbonyl (C=O) groups excluding carboxylic acids is 1. The highest BCUT2D eigenvalue weighted by Gasteiger charge is 2.34. The highest BCUT2D eigenvalue weighted by Crippen LogP contribution is 2.31. The van der Waals surface area contributed by atoms with Crippen LogP contribution in [0.4, 0.5) is 0 Å². The molecule has 104 valence electrons. The highest BCUT2D eigenvalue weighted by molar-refractivity contribution is 5.74. The van der Waals surface area contributed by atoms with E-state index in [1.54, 1.807) is 0 Å². The van der Waals surface area contributed by atoms with E-state index in [9.17, 15) is 4.79 Å². The average molecular weight is 261 g/mol. The van der Waals surface area contributed by atoms with Gasteiger partial charge in [0.2, 0.25) is 0 Å². The molecular formula is C16H23NO2. The Bertz CT molecular complexity index is 422. The maximum absolute atomic E-state index is 12.3. The van der Waals surface area contributed by atoms with Crippen molar-refractivity contribution in [1.82, 2.24) is 5.32 Å². The van der Waals surface area contributed by atoms with E-state index < -0.39 is 5.60 Å². The molecule has 2 unspecified atom stereocenters. The van der Waals surface area contributed by atoms with Crippen LogP contribution in [0.5, 0.6) is 0 Å². The minimum atomic E-state index is -0.413. The van der Waals surface area contributed by atoms with Crippen LogP contribution in [0.1, 0.15) is 38.7 Å². The summed E-state index contributed by atoms with van der Waals surface area (Å²) in [6.45, 7) is 7.48. The standard InChI is InChI=1S/C16H23NO2/c1-16(2,3)19-15(18)13-9-10-17-11-14(13)12-7-5-4-6-8-12/h4-8,13-14,17H,9-11H2,1-3H3. The Morgan fingerprint density at radius 2 is 1.95 bits per heavy atom. The van der Waals surface area contributed by atoms with E-state index in [1.165, 1.54) is 5.56 Å². The van der Waals surface area contributed by atoms with Crippen molar-refractivity contribution in [3.8, 4) is 0 Å². The Kier molecular flexibility index (Phi) is 4.25. The molecule has 1 N–H and O–H groups in total. The van der Waals surface area contributed by atoms with Crippen molar-refractivity contribution in [2.24, 2.45) is 5.92 Å². The van der Waals surface area contributed by atoms with Gasteiger partial charge >= 0.3 is 5.97 Å². The van der Waals surface area contributed by atoms with Gasteiger partial charge in [-0.3, -0.25) is 4.79 Å². The normalized spacial score (nSPS) is 23.9. The Hall–Kier alpha value is -1.35. The van der Waals surface area contributed by atoms with Gasteiger partial charge in [-0.15, -0.1) is 0 Å². The summed E-state index contributed by atoms with van der Waals surface area (Å²) in [6, 6.07) is 10.2. The molecular weight excluding hydrogens is 238 g/mol. The number of carbonyl (C=O) groups is 1. The van der Waals surface area contributed by atoms with Crippen molar-refractivity contribution >= 4 is 5.97 Å². The minimum absolute atomic E-state index is 0.0390. The molecule has 1 aliphatic heterocycles. The van der Waals surface area contributed by atoms with Crippen LogP contribution in [0.3, 0.4) is 0 Å². The SMILES string of the molecule is CC(C)(C)OC(=O)C1CCNCC1c1ccccc1. The number of hydrogen-bond donors (Lipinski definition) is 1. The molecule has 0 aromatic heterocycles. The molecule has 2 atom stereocenters. The van der Waals surface area contributed by atoms with E-state index in [-0.39, 0.29) is 17.8 Å². The molecule has 2 rings (SSSR count). The van der Waals surface area contributed by atoms with Crippen molar-refractivity contribution in [2.45, 2.75) is 38.7 Å². The topological polar surface area (TPSA) is 38.3 Å². The van der Waals surface area contributed by atoms with Gasteiger partial charge in [0, 0.05) is 12.5 Å². The third-order valence-electron chi connectivity index (χ3n) is 3.42. The van der Waals surface area contributed by atoms with Crippen LogP contribution < -0.4 is 5.32 Å². The quantitative estimate of drug-likeness (QED) is 0.832. The Balaban J connectivity index is 2.15. The molecule has 0 saturated carbocycles. The summed E-state index contributed by atoms with van der Waals surface area (Å²) in [6.07, 6.45) is 0.842. The van der Waals surface area contributed by atoms with Crippen molar-refractivity contribution in [1.29, 1.82) is 0 Å². The molecule has 0 bridgehead atoms. The summed E-state index contributed by atoms with van der Waals surface area (Å²) in [5, 5.41) is 3.37. The summed E-state index contributed by atoms with van der Waals surface area (Å²) in [4.78, 5) is 12.3. The molecule has 0 radical (unpaired) electrons. The van der Waals surface area contributed by atoms with Crippen LogP contribution in [-0.2, 0) is 9.53 Å². The van der Waals surface area contributed by atoms with Gasteiger partial charge in [0.25, 0.3) is 0 Å². The number of nitrogens with one attached hydrogen (secondary N) is 1. The molecule has 1 heterocycles. The second kappa shape index (κ2) is 5.74. The smallest absolute Gasteiger partial charge is 0.310 e. The van der Waals surface area contributed by atoms with Crippen molar-refractivity contribution in [2.75, 3.05) is 13.1 Å². The predicted molar refractivity (Wildman–Crippen MR) is 76.0 cm³/mol. The lowest BCUT2D eigenvalue weighted by molar-refractivity contribution is -0.161. The average Bonchev–Trinajstić information content (AvgIpc) is 2.38. The zero-order valence-electron chi connectivity index (χ0n) is 12.0. The van der Waals surface area contributed by atoms with Crippen LogP contribution in [0.25, 0.3) is 0 Å². The number of benzene rings is 1. The first kappa shape index (κ1) is 14.1. The molecule has 0 spiro atoms. The first-order valence-electron chi connectivity index (χ1n) is 6.96. The van der Waals surface area contributed by atoms with Crippen LogP contribution in [0.2, 0.25) is 0 Å². The summed E-state index contributed by atoms with van der Waals surface area (Å²) in [5.74, 6) is 0.107. The zero-order chi connectivity index (χ0) is 13.9. The Morgan fingerprint density at radius 1 is 1.26 bits per heavy atom. The van der Waals surface area contributed by atoms with Gasteiger partial charge in [-0.2, -0.15) is 0 Å². The van der Waals surface area contributed by atoms with Crippen LogP contribution in [0.15, 0.2) is 30.3 Å². The molecule has 3 nitrogen and oxygen atoms in total. The third-order valence-corrected chi connectivity index (χ3v) is 3.42. The lowest BCUT2D eigenvalue weighted by Gasteiger charge is -2.33. The molecule has 0 aliphatic carbocycles. The number of esters is 1. The van der Waals surface area contributed by atoms with Gasteiger partial charge in [-0.05, 0) is 39.3 Å². The fourth-order valence-corrected chi connectivity index (χ4v) is 2.57. The number of ether oxygens (including phenoxy) is 1. The minimum Gasteiger partial charge on any atom is -0.460 e. The monoisotopic (exact) mass is 261 g/mol. The molecule has 0 amide bonds. The van der Waals surface area contributed by atoms with Crippen molar-refractivity contribution in [3.63, 3.8) is 0 Å². The Morgan fingerprint density at radius 3 is 2.58 bits per heavy atom. The zero-order valence-corrected chi connectivity index (χ0v) is 12.0. The first-order valence-corrected chi connectivity index (χ1v) is 6.96. The number of piperidine rings is 1. The fraction of sp³-hybridized carbons (Fsp3) is 0.562. The van der Waals surface area contributed by atoms with Crippen molar-refractivity contribution < 1.29 is 9.53 Å². The maximum atomic E-state index is 12.3. The van der Waals surface area contributed by atoms with E-state index >= 15 is 0 Å². The van der Waals surface area contributed by atoms with Crippen LogP contribution in [-0.4, -0.2) is 24.7 Å². The van der Waals surface area contributed by atoms with E-state index in [4.69, 9.17) is 4.74 Å². The van der Waals surface area contributed by atoms with E-state index in [1.807, 2.05) is 39.0 Å². The summed E-state index contributed by atoms with van der Waals surface area (Å²) in [5.41, 5.74) is 0.800. The molecule has 3 heteroatoms. The van der Waals surface area contributed by atoms with Gasteiger partial charge < -0.3 is 10.1 Å². The fourth-order valence-electron chi connectivity index (χ4n) is 2.57. The van der Waals surface area contributed by atoms with E-state index in [2.05, 4.69) is 17.4 Å². The van der Waals surface area contributed by atoms with E-state index in [0.717, 1.165) is 19.5 Å². The number of hydrogen-bond acceptors (Lipinski definition) is 3. The molecule has 1 saturated heterocycles. The molecule has 1 fully saturated rings. The number of rotatable bonds is 2. The molecule has 19 heavy (non-hydrogen) atoms. The van der Waals surface area contributed by atoms with E-state index in [0.29, 0.717) is 0 Å². The second-order valence-corrected chi connectivity index (χ2v) is 6.15.